The van der Waals surface area contributed by atoms with Crippen LogP contribution in [0.25, 0.3) is 11.0 Å². The van der Waals surface area contributed by atoms with Crippen molar-refractivity contribution in [1.82, 2.24) is 19.2 Å². The van der Waals surface area contributed by atoms with E-state index in [2.05, 4.69) is 31.1 Å². The number of aliphatic hydroxyl groups excluding tert-OH is 6. The Labute approximate surface area is 433 Å². The largest absolute Gasteiger partial charge is 0.473 e. The van der Waals surface area contributed by atoms with Crippen LogP contribution in [0.4, 0.5) is 56.9 Å². The number of benzene rings is 3. The predicted molar refractivity (Wildman–Crippen MR) is 286 cm³/mol. The molecule has 0 radical (unpaired) electrons. The van der Waals surface area contributed by atoms with E-state index in [-0.39, 0.29) is 87.4 Å². The van der Waals surface area contributed by atoms with Crippen molar-refractivity contribution in [1.29, 1.82) is 5.41 Å². The molecule has 398 valence electrons. The van der Waals surface area contributed by atoms with E-state index in [4.69, 9.17) is 25.7 Å². The molecular weight excluding hydrogens is 989 g/mol. The van der Waals surface area contributed by atoms with Crippen LogP contribution in [0.1, 0.15) is 0 Å². The van der Waals surface area contributed by atoms with Crippen LogP contribution in [-0.4, -0.2) is 150 Å². The van der Waals surface area contributed by atoms with Crippen LogP contribution < -0.4 is 41.0 Å². The number of hydrogen-bond acceptors (Lipinski definition) is 22. The van der Waals surface area contributed by atoms with Crippen molar-refractivity contribution in [2.75, 3.05) is 105 Å². The second-order valence-electron chi connectivity index (χ2n) is 16.3. The number of fused-ring (bicyclic) bond motifs is 2. The van der Waals surface area contributed by atoms with Crippen LogP contribution in [0.3, 0.4) is 0 Å². The first kappa shape index (κ1) is 54.6. The number of aliphatic imine (C=N–C) groups is 1. The molecule has 26 heteroatoms. The summed E-state index contributed by atoms with van der Waals surface area (Å²) >= 11 is 0. The maximum absolute atomic E-state index is 11.9. The molecule has 0 atom stereocenters. The van der Waals surface area contributed by atoms with Gasteiger partial charge in [0.15, 0.2) is 5.69 Å². The summed E-state index contributed by atoms with van der Waals surface area (Å²) < 4.78 is 14.2. The van der Waals surface area contributed by atoms with Crippen molar-refractivity contribution in [2.45, 2.75) is 0 Å². The Morgan fingerprint density at radius 3 is 1.63 bits per heavy atom. The summed E-state index contributed by atoms with van der Waals surface area (Å²) in [6.07, 6.45) is 6.64. The Bertz CT molecular complexity index is 3220. The smallest absolute Gasteiger partial charge is 0.299 e. The van der Waals surface area contributed by atoms with Crippen LogP contribution in [0.2, 0.25) is 0 Å². The number of nitrogens with one attached hydrogen (secondary N) is 4. The van der Waals surface area contributed by atoms with Gasteiger partial charge in [-0.1, -0.05) is 12.1 Å². The number of nitrogens with two attached hydrogens (primary N) is 1. The van der Waals surface area contributed by atoms with E-state index in [1.807, 2.05) is 47.4 Å². The van der Waals surface area contributed by atoms with Gasteiger partial charge >= 0.3 is 0 Å². The highest BCUT2D eigenvalue weighted by Gasteiger charge is 2.27. The maximum atomic E-state index is 11.9. The monoisotopic (exact) mass is 1040 g/mol. The minimum Gasteiger partial charge on any atom is -0.473 e. The molecule has 3 aromatic carbocycles. The third kappa shape index (κ3) is 13.3. The van der Waals surface area contributed by atoms with Crippen LogP contribution in [0.15, 0.2) is 138 Å². The summed E-state index contributed by atoms with van der Waals surface area (Å²) in [6.45, 7) is 0.772. The van der Waals surface area contributed by atoms with Crippen molar-refractivity contribution in [3.8, 4) is 11.8 Å². The number of anilines is 7. The van der Waals surface area contributed by atoms with Gasteiger partial charge in [-0.15, -0.1) is 10.2 Å². The van der Waals surface area contributed by atoms with Gasteiger partial charge in [-0.3, -0.25) is 25.6 Å². The highest BCUT2D eigenvalue weighted by atomic mass is 16.6. The van der Waals surface area contributed by atoms with Gasteiger partial charge in [0.1, 0.15) is 30.3 Å². The fourth-order valence-electron chi connectivity index (χ4n) is 7.83. The average Bonchev–Trinajstić information content (AvgIpc) is 3.95. The van der Waals surface area contributed by atoms with Crippen molar-refractivity contribution in [2.24, 2.45) is 10.7 Å². The van der Waals surface area contributed by atoms with E-state index in [9.17, 15) is 45.8 Å². The van der Waals surface area contributed by atoms with Gasteiger partial charge in [0.2, 0.25) is 0 Å². The Morgan fingerprint density at radius 2 is 1.11 bits per heavy atom. The first-order chi connectivity index (χ1) is 36.9. The first-order valence-corrected chi connectivity index (χ1v) is 23.6. The predicted octanol–water partition coefficient (Wildman–Crippen LogP) is 4.24. The summed E-state index contributed by atoms with van der Waals surface area (Å²) in [6, 6.07) is 27.1. The molecule has 12 N–H and O–H groups in total. The van der Waals surface area contributed by atoms with Crippen LogP contribution in [-0.2, 0) is 0 Å². The Hall–Kier alpha value is -9.18. The molecule has 1 aliphatic rings. The average molecular weight is 1050 g/mol. The SMILES string of the molecule is N=C1C=C(N)C(Nc2ccc(N(CCO)CCO)cc2)=CC1=Nc1c(OCCO)nn2ccccc12.O=[N+]([O-])c1cc([N+](=O)[O-])c(Nc2c(OCCO)nn3ccccc23)cc1Nc1ccc(N(CCO)CCO)cc1. The lowest BCUT2D eigenvalue weighted by Crippen LogP contribution is -2.29. The van der Waals surface area contributed by atoms with Gasteiger partial charge in [-0.25, -0.2) is 14.0 Å². The summed E-state index contributed by atoms with van der Waals surface area (Å²) in [5.41, 5.74) is 11.3. The maximum Gasteiger partial charge on any atom is 0.299 e. The number of allylic oxidation sites excluding steroid dienone is 2. The number of aromatic nitrogens is 4. The number of nitro benzene ring substituents is 2. The Balaban J connectivity index is 0.000000222. The van der Waals surface area contributed by atoms with Gasteiger partial charge < -0.3 is 71.6 Å². The fraction of sp³-hybridized carbons (Fsp3) is 0.240. The Morgan fingerprint density at radius 1 is 0.618 bits per heavy atom. The van der Waals surface area contributed by atoms with Crippen molar-refractivity contribution >= 4 is 79.3 Å². The molecule has 0 spiro atoms. The molecule has 0 saturated carbocycles. The molecule has 8 rings (SSSR count). The van der Waals surface area contributed by atoms with Crippen LogP contribution in [0.5, 0.6) is 11.8 Å². The lowest BCUT2D eigenvalue weighted by Gasteiger charge is -2.23. The summed E-state index contributed by atoms with van der Waals surface area (Å²) in [5, 5.41) is 105. The molecule has 4 aromatic heterocycles. The molecule has 7 aromatic rings. The number of ether oxygens (including phenoxy) is 2. The minimum atomic E-state index is -0.731. The number of pyridine rings is 2. The molecule has 0 amide bonds. The number of nitro groups is 2. The summed E-state index contributed by atoms with van der Waals surface area (Å²) in [5.74, 6) is 0.334. The fourth-order valence-corrected chi connectivity index (χ4v) is 7.83. The van der Waals surface area contributed by atoms with E-state index in [0.29, 0.717) is 65.7 Å². The molecule has 0 saturated heterocycles. The third-order valence-electron chi connectivity index (χ3n) is 11.3. The van der Waals surface area contributed by atoms with E-state index in [1.54, 1.807) is 70.3 Å². The topological polar surface area (TPSA) is 366 Å². The number of nitrogens with zero attached hydrogens (tertiary/aromatic N) is 9. The van der Waals surface area contributed by atoms with Gasteiger partial charge in [-0.2, -0.15) is 0 Å². The van der Waals surface area contributed by atoms with E-state index in [1.165, 1.54) is 16.7 Å². The number of hydrogen-bond donors (Lipinski definition) is 11. The zero-order chi connectivity index (χ0) is 54.1. The molecule has 0 fully saturated rings. The highest BCUT2D eigenvalue weighted by Crippen LogP contribution is 2.42. The number of rotatable bonds is 25. The first-order valence-electron chi connectivity index (χ1n) is 23.6. The third-order valence-corrected chi connectivity index (χ3v) is 11.3. The summed E-state index contributed by atoms with van der Waals surface area (Å²) in [4.78, 5) is 30.7. The molecule has 0 bridgehead atoms. The summed E-state index contributed by atoms with van der Waals surface area (Å²) in [7, 11) is 0. The van der Waals surface area contributed by atoms with Crippen LogP contribution in [0, 0.1) is 25.6 Å². The zero-order valence-corrected chi connectivity index (χ0v) is 40.8. The van der Waals surface area contributed by atoms with Gasteiger partial charge in [0, 0.05) is 61.3 Å². The van der Waals surface area contributed by atoms with Crippen molar-refractivity contribution < 1.29 is 50.0 Å². The van der Waals surface area contributed by atoms with Gasteiger partial charge in [0.25, 0.3) is 23.1 Å². The van der Waals surface area contributed by atoms with Crippen molar-refractivity contribution in [3.05, 3.63) is 153 Å². The highest BCUT2D eigenvalue weighted by molar-refractivity contribution is 6.51. The zero-order valence-electron chi connectivity index (χ0n) is 40.8. The van der Waals surface area contributed by atoms with E-state index >= 15 is 0 Å². The van der Waals surface area contributed by atoms with E-state index < -0.39 is 21.2 Å². The van der Waals surface area contributed by atoms with Crippen molar-refractivity contribution in [3.63, 3.8) is 0 Å². The second kappa shape index (κ2) is 26.2. The lowest BCUT2D eigenvalue weighted by molar-refractivity contribution is -0.393. The van der Waals surface area contributed by atoms with Crippen LogP contribution >= 0.6 is 0 Å². The molecule has 4 heterocycles. The molecule has 0 aliphatic heterocycles. The minimum absolute atomic E-state index is 0.0114. The molecule has 1 aliphatic carbocycles. The Kier molecular flexibility index (Phi) is 18.8. The normalized spacial score (nSPS) is 12.7. The van der Waals surface area contributed by atoms with E-state index in [0.717, 1.165) is 23.1 Å². The van der Waals surface area contributed by atoms with Gasteiger partial charge in [-0.05, 0) is 91.0 Å². The quantitative estimate of drug-likeness (QED) is 0.0217. The molecule has 26 nitrogen and oxygen atoms in total. The molecule has 0 unspecified atom stereocenters. The van der Waals surface area contributed by atoms with Gasteiger partial charge in [0.05, 0.1) is 89.4 Å². The number of aliphatic hydroxyl groups is 6. The second-order valence-corrected chi connectivity index (χ2v) is 16.3. The standard InChI is InChI=1S/C25H27N7O8.C25H29N7O4/c33-11-9-29(10-12-34)18-6-4-17(5-7-18)26-19-15-20(23(32(38)39)16-22(19)31(36)37)27-24-21-3-1-2-8-30(21)28-25(24)40-14-13-35;26-19-15-20(27)22(29-24-23-3-1-2-8-32(23)30-25(24)36-14-13-35)16-21(19)28-17-4-6-18(7-5-17)31(9-11-33)10-12-34/h1-8,15-16,26-27,33-35H,9-14H2;1-8,15-16,27-28,33-35H,9-14,26H2. The molecule has 76 heavy (non-hydrogen) atoms. The lowest BCUT2D eigenvalue weighted by atomic mass is 10.0. The molecular formula is C50H56N14O12.